The first-order valence-electron chi connectivity index (χ1n) is 5.92. The fourth-order valence-electron chi connectivity index (χ4n) is 1.56. The molecule has 1 aromatic carbocycles. The van der Waals surface area contributed by atoms with Crippen molar-refractivity contribution in [3.63, 3.8) is 0 Å². The Kier molecular flexibility index (Phi) is 5.92. The average molecular weight is 335 g/mol. The summed E-state index contributed by atoms with van der Waals surface area (Å²) in [6.07, 6.45) is 0.344. The van der Waals surface area contributed by atoms with E-state index in [1.165, 1.54) is 6.07 Å². The van der Waals surface area contributed by atoms with Crippen molar-refractivity contribution < 1.29 is 19.6 Å². The van der Waals surface area contributed by atoms with Crippen LogP contribution in [-0.4, -0.2) is 28.5 Å². The Hall–Kier alpha value is -1.86. The van der Waals surface area contributed by atoms with Crippen molar-refractivity contribution >= 4 is 40.8 Å². The number of aliphatic carboxylic acids is 1. The third-order valence-electron chi connectivity index (χ3n) is 2.82. The molecule has 0 aliphatic carbocycles. The molecule has 0 aliphatic rings. The van der Waals surface area contributed by atoms with Crippen LogP contribution in [-0.2, 0) is 4.79 Å². The third kappa shape index (κ3) is 4.30. The largest absolute Gasteiger partial charge is 0.481 e. The zero-order chi connectivity index (χ0) is 16.2. The van der Waals surface area contributed by atoms with Crippen LogP contribution < -0.4 is 5.32 Å². The Bertz CT molecular complexity index is 591. The topological polar surface area (TPSA) is 110 Å². The molecule has 0 saturated heterocycles. The van der Waals surface area contributed by atoms with E-state index in [1.54, 1.807) is 6.92 Å². The van der Waals surface area contributed by atoms with E-state index < -0.39 is 28.4 Å². The van der Waals surface area contributed by atoms with Crippen LogP contribution in [0.4, 0.5) is 5.69 Å². The summed E-state index contributed by atoms with van der Waals surface area (Å²) in [4.78, 5) is 32.8. The van der Waals surface area contributed by atoms with Crippen molar-refractivity contribution in [2.45, 2.75) is 13.3 Å². The molecule has 0 saturated carbocycles. The van der Waals surface area contributed by atoms with E-state index >= 15 is 0 Å². The highest BCUT2D eigenvalue weighted by molar-refractivity contribution is 6.43. The molecule has 7 nitrogen and oxygen atoms in total. The van der Waals surface area contributed by atoms with Gasteiger partial charge in [-0.2, -0.15) is 0 Å². The van der Waals surface area contributed by atoms with Crippen molar-refractivity contribution in [3.8, 4) is 0 Å². The maximum absolute atomic E-state index is 11.9. The Balaban J connectivity index is 2.93. The van der Waals surface area contributed by atoms with Crippen molar-refractivity contribution in [2.75, 3.05) is 6.54 Å². The van der Waals surface area contributed by atoms with Gasteiger partial charge >= 0.3 is 5.97 Å². The van der Waals surface area contributed by atoms with E-state index in [0.717, 1.165) is 6.07 Å². The van der Waals surface area contributed by atoms with Gasteiger partial charge in [0.15, 0.2) is 0 Å². The first-order valence-corrected chi connectivity index (χ1v) is 6.68. The lowest BCUT2D eigenvalue weighted by Crippen LogP contribution is -2.32. The molecule has 0 bridgehead atoms. The van der Waals surface area contributed by atoms with Gasteiger partial charge in [0, 0.05) is 18.2 Å². The van der Waals surface area contributed by atoms with E-state index in [-0.39, 0.29) is 22.2 Å². The Morgan fingerprint density at radius 3 is 2.52 bits per heavy atom. The molecule has 0 aliphatic heterocycles. The second-order valence-electron chi connectivity index (χ2n) is 4.20. The molecule has 114 valence electrons. The summed E-state index contributed by atoms with van der Waals surface area (Å²) in [6.45, 7) is 1.59. The fraction of sp³-hybridized carbons (Fsp3) is 0.333. The molecule has 1 rings (SSSR count). The zero-order valence-electron chi connectivity index (χ0n) is 10.9. The monoisotopic (exact) mass is 334 g/mol. The number of nitrogens with one attached hydrogen (secondary N) is 1. The summed E-state index contributed by atoms with van der Waals surface area (Å²) in [6, 6.07) is 2.18. The summed E-state index contributed by atoms with van der Waals surface area (Å²) in [5, 5.41) is 21.7. The first-order chi connectivity index (χ1) is 9.77. The number of carboxylic acids is 1. The summed E-state index contributed by atoms with van der Waals surface area (Å²) in [7, 11) is 0. The highest BCUT2D eigenvalue weighted by Gasteiger charge is 2.21. The van der Waals surface area contributed by atoms with Gasteiger partial charge in [0.25, 0.3) is 11.6 Å². The number of carbonyl (C=O) groups is 2. The van der Waals surface area contributed by atoms with Gasteiger partial charge in [0.2, 0.25) is 0 Å². The molecule has 1 aromatic rings. The SMILES string of the molecule is CCC(CNC(=O)c1cc(Cl)c(Cl)c([N+](=O)[O-])c1)C(=O)O. The molecule has 1 amide bonds. The Morgan fingerprint density at radius 1 is 1.43 bits per heavy atom. The molecule has 1 atom stereocenters. The molecule has 21 heavy (non-hydrogen) atoms. The standard InChI is InChI=1S/C12H12Cl2N2O5/c1-2-6(12(18)19)5-15-11(17)7-3-8(13)10(14)9(4-7)16(20)21/h3-4,6H,2,5H2,1H3,(H,15,17)(H,18,19). The number of rotatable bonds is 6. The Labute approximate surface area is 130 Å². The molecule has 2 N–H and O–H groups in total. The zero-order valence-corrected chi connectivity index (χ0v) is 12.4. The van der Waals surface area contributed by atoms with Crippen LogP contribution in [0.3, 0.4) is 0 Å². The van der Waals surface area contributed by atoms with Crippen molar-refractivity contribution in [2.24, 2.45) is 5.92 Å². The lowest BCUT2D eigenvalue weighted by Gasteiger charge is -2.11. The van der Waals surface area contributed by atoms with Crippen molar-refractivity contribution in [1.29, 1.82) is 0 Å². The number of amides is 1. The number of halogens is 2. The van der Waals surface area contributed by atoms with Gasteiger partial charge in [-0.3, -0.25) is 19.7 Å². The number of nitro groups is 1. The number of hydrogen-bond acceptors (Lipinski definition) is 4. The molecular weight excluding hydrogens is 323 g/mol. The van der Waals surface area contributed by atoms with Crippen LogP contribution in [0.15, 0.2) is 12.1 Å². The van der Waals surface area contributed by atoms with Crippen LogP contribution in [0.5, 0.6) is 0 Å². The summed E-state index contributed by atoms with van der Waals surface area (Å²) in [5.41, 5.74) is -0.545. The highest BCUT2D eigenvalue weighted by Crippen LogP contribution is 2.33. The van der Waals surface area contributed by atoms with Gasteiger partial charge in [0.05, 0.1) is 15.9 Å². The van der Waals surface area contributed by atoms with E-state index in [2.05, 4.69) is 5.32 Å². The van der Waals surface area contributed by atoms with Gasteiger partial charge in [-0.15, -0.1) is 0 Å². The number of benzene rings is 1. The lowest BCUT2D eigenvalue weighted by atomic mass is 10.1. The minimum absolute atomic E-state index is 0.0589. The Morgan fingerprint density at radius 2 is 2.05 bits per heavy atom. The van der Waals surface area contributed by atoms with Crippen LogP contribution in [0.1, 0.15) is 23.7 Å². The van der Waals surface area contributed by atoms with Gasteiger partial charge in [-0.1, -0.05) is 30.1 Å². The number of hydrogen-bond donors (Lipinski definition) is 2. The summed E-state index contributed by atoms with van der Waals surface area (Å²) in [5.74, 6) is -2.42. The molecule has 0 heterocycles. The molecule has 0 fully saturated rings. The smallest absolute Gasteiger partial charge is 0.308 e. The molecule has 1 unspecified atom stereocenters. The third-order valence-corrected chi connectivity index (χ3v) is 3.61. The molecular formula is C12H12Cl2N2O5. The second kappa shape index (κ2) is 7.24. The molecule has 0 aromatic heterocycles. The summed E-state index contributed by atoms with van der Waals surface area (Å²) < 4.78 is 0. The lowest BCUT2D eigenvalue weighted by molar-refractivity contribution is -0.384. The number of nitro benzene ring substituents is 1. The quantitative estimate of drug-likeness (QED) is 0.613. The van der Waals surface area contributed by atoms with Gasteiger partial charge in [-0.05, 0) is 12.5 Å². The predicted molar refractivity (Wildman–Crippen MR) is 76.9 cm³/mol. The minimum Gasteiger partial charge on any atom is -0.481 e. The van der Waals surface area contributed by atoms with E-state index in [4.69, 9.17) is 28.3 Å². The predicted octanol–water partition coefficient (Wildman–Crippen LogP) is 2.74. The normalized spacial score (nSPS) is 11.8. The fourth-order valence-corrected chi connectivity index (χ4v) is 1.96. The first kappa shape index (κ1) is 17.2. The van der Waals surface area contributed by atoms with Gasteiger partial charge in [0.1, 0.15) is 5.02 Å². The number of carbonyl (C=O) groups excluding carboxylic acids is 1. The van der Waals surface area contributed by atoms with Crippen LogP contribution in [0.2, 0.25) is 10.0 Å². The second-order valence-corrected chi connectivity index (χ2v) is 4.99. The molecule has 9 heteroatoms. The minimum atomic E-state index is -1.03. The molecule has 0 spiro atoms. The number of carboxylic acid groups (broad SMARTS) is 1. The van der Waals surface area contributed by atoms with Gasteiger partial charge < -0.3 is 10.4 Å². The average Bonchev–Trinajstić information content (AvgIpc) is 2.41. The number of nitrogens with zero attached hydrogens (tertiary/aromatic N) is 1. The van der Waals surface area contributed by atoms with Crippen LogP contribution in [0, 0.1) is 16.0 Å². The maximum atomic E-state index is 11.9. The van der Waals surface area contributed by atoms with E-state index in [0.29, 0.717) is 6.42 Å². The summed E-state index contributed by atoms with van der Waals surface area (Å²) >= 11 is 11.4. The van der Waals surface area contributed by atoms with Crippen molar-refractivity contribution in [1.82, 2.24) is 5.32 Å². The van der Waals surface area contributed by atoms with Gasteiger partial charge in [-0.25, -0.2) is 0 Å². The van der Waals surface area contributed by atoms with E-state index in [9.17, 15) is 19.7 Å². The van der Waals surface area contributed by atoms with Crippen molar-refractivity contribution in [3.05, 3.63) is 37.9 Å². The van der Waals surface area contributed by atoms with Crippen LogP contribution >= 0.6 is 23.2 Å². The van der Waals surface area contributed by atoms with E-state index in [1.807, 2.05) is 0 Å². The maximum Gasteiger partial charge on any atom is 0.308 e. The highest BCUT2D eigenvalue weighted by atomic mass is 35.5. The molecule has 0 radical (unpaired) electrons. The van der Waals surface area contributed by atoms with Crippen LogP contribution in [0.25, 0.3) is 0 Å².